The standard InChI is InChI=1S/C22H20O5/c23-17-9-10-19(21(26)12-17)20(25)11-7-16-6-8-18(24)13-22(16)27-14-15-4-2-1-3-5-15/h1-6,8-10,12-13,23-24,26H,7,11,14H2. The molecule has 0 aliphatic carbocycles. The van der Waals surface area contributed by atoms with E-state index in [1.54, 1.807) is 12.1 Å². The molecule has 0 aliphatic heterocycles. The summed E-state index contributed by atoms with van der Waals surface area (Å²) in [6, 6.07) is 18.4. The Labute approximate surface area is 157 Å². The molecule has 3 aromatic rings. The third-order valence-electron chi connectivity index (χ3n) is 4.19. The lowest BCUT2D eigenvalue weighted by Gasteiger charge is -2.12. The highest BCUT2D eigenvalue weighted by Crippen LogP contribution is 2.28. The van der Waals surface area contributed by atoms with E-state index in [2.05, 4.69) is 0 Å². The van der Waals surface area contributed by atoms with Gasteiger partial charge in [0.05, 0.1) is 5.56 Å². The monoisotopic (exact) mass is 364 g/mol. The fourth-order valence-electron chi connectivity index (χ4n) is 2.76. The maximum atomic E-state index is 12.4. The maximum Gasteiger partial charge on any atom is 0.166 e. The van der Waals surface area contributed by atoms with E-state index in [1.807, 2.05) is 30.3 Å². The van der Waals surface area contributed by atoms with Crippen LogP contribution in [-0.2, 0) is 13.0 Å². The zero-order valence-electron chi connectivity index (χ0n) is 14.6. The van der Waals surface area contributed by atoms with Gasteiger partial charge < -0.3 is 20.1 Å². The molecular formula is C22H20O5. The van der Waals surface area contributed by atoms with Crippen LogP contribution in [0, 0.1) is 0 Å². The lowest BCUT2D eigenvalue weighted by molar-refractivity contribution is 0.0980. The Morgan fingerprint density at radius 3 is 2.30 bits per heavy atom. The molecule has 0 atom stereocenters. The molecule has 0 aliphatic rings. The van der Waals surface area contributed by atoms with Crippen molar-refractivity contribution >= 4 is 5.78 Å². The van der Waals surface area contributed by atoms with Crippen LogP contribution in [0.5, 0.6) is 23.0 Å². The normalized spacial score (nSPS) is 10.5. The van der Waals surface area contributed by atoms with Crippen molar-refractivity contribution in [2.75, 3.05) is 0 Å². The highest BCUT2D eigenvalue weighted by molar-refractivity contribution is 5.98. The number of rotatable bonds is 7. The Balaban J connectivity index is 1.70. The van der Waals surface area contributed by atoms with Crippen LogP contribution < -0.4 is 4.74 Å². The average Bonchev–Trinajstić information content (AvgIpc) is 2.66. The summed E-state index contributed by atoms with van der Waals surface area (Å²) in [6.07, 6.45) is 0.550. The van der Waals surface area contributed by atoms with Crippen LogP contribution in [0.15, 0.2) is 66.7 Å². The number of benzene rings is 3. The second-order valence-electron chi connectivity index (χ2n) is 6.19. The maximum absolute atomic E-state index is 12.4. The number of carbonyl (C=O) groups is 1. The van der Waals surface area contributed by atoms with Crippen molar-refractivity contribution in [3.05, 3.63) is 83.4 Å². The average molecular weight is 364 g/mol. The summed E-state index contributed by atoms with van der Waals surface area (Å²) in [6.45, 7) is 0.351. The first-order valence-electron chi connectivity index (χ1n) is 8.57. The zero-order valence-corrected chi connectivity index (χ0v) is 14.6. The molecule has 3 N–H and O–H groups in total. The van der Waals surface area contributed by atoms with Crippen molar-refractivity contribution in [2.24, 2.45) is 0 Å². The fourth-order valence-corrected chi connectivity index (χ4v) is 2.76. The minimum atomic E-state index is -0.244. The van der Waals surface area contributed by atoms with Gasteiger partial charge in [0.1, 0.15) is 29.6 Å². The van der Waals surface area contributed by atoms with E-state index in [4.69, 9.17) is 4.74 Å². The summed E-state index contributed by atoms with van der Waals surface area (Å²) in [4.78, 5) is 12.4. The number of hydrogen-bond donors (Lipinski definition) is 3. The van der Waals surface area contributed by atoms with Crippen LogP contribution in [0.1, 0.15) is 27.9 Å². The fraction of sp³-hybridized carbons (Fsp3) is 0.136. The van der Waals surface area contributed by atoms with Gasteiger partial charge in [-0.25, -0.2) is 0 Å². The Morgan fingerprint density at radius 2 is 1.56 bits per heavy atom. The van der Waals surface area contributed by atoms with E-state index >= 15 is 0 Å². The summed E-state index contributed by atoms with van der Waals surface area (Å²) < 4.78 is 5.83. The van der Waals surface area contributed by atoms with Crippen LogP contribution in [0.3, 0.4) is 0 Å². The van der Waals surface area contributed by atoms with Crippen molar-refractivity contribution in [2.45, 2.75) is 19.4 Å². The first-order valence-corrected chi connectivity index (χ1v) is 8.57. The number of phenolic OH excluding ortho intramolecular Hbond substituents is 3. The molecule has 3 aromatic carbocycles. The predicted molar refractivity (Wildman–Crippen MR) is 101 cm³/mol. The van der Waals surface area contributed by atoms with Crippen LogP contribution in [0.25, 0.3) is 0 Å². The highest BCUT2D eigenvalue weighted by atomic mass is 16.5. The molecule has 3 rings (SSSR count). The SMILES string of the molecule is O=C(CCc1ccc(O)cc1OCc1ccccc1)c1ccc(O)cc1O. The number of hydrogen-bond acceptors (Lipinski definition) is 5. The van der Waals surface area contributed by atoms with Crippen LogP contribution in [0.4, 0.5) is 0 Å². The third kappa shape index (κ3) is 4.79. The van der Waals surface area contributed by atoms with E-state index < -0.39 is 0 Å². The molecule has 5 heteroatoms. The predicted octanol–water partition coefficient (Wildman–Crippen LogP) is 4.20. The molecule has 0 spiro atoms. The topological polar surface area (TPSA) is 87.0 Å². The Bertz CT molecular complexity index is 935. The molecule has 0 unspecified atom stereocenters. The molecule has 27 heavy (non-hydrogen) atoms. The summed E-state index contributed by atoms with van der Waals surface area (Å²) >= 11 is 0. The Morgan fingerprint density at radius 1 is 0.852 bits per heavy atom. The quantitative estimate of drug-likeness (QED) is 0.547. The molecule has 0 bridgehead atoms. The molecule has 0 amide bonds. The van der Waals surface area contributed by atoms with Gasteiger partial charge in [0, 0.05) is 18.6 Å². The molecule has 0 heterocycles. The van der Waals surface area contributed by atoms with E-state index in [1.165, 1.54) is 18.2 Å². The second-order valence-corrected chi connectivity index (χ2v) is 6.19. The van der Waals surface area contributed by atoms with Crippen molar-refractivity contribution in [1.82, 2.24) is 0 Å². The molecule has 0 saturated carbocycles. The van der Waals surface area contributed by atoms with Crippen molar-refractivity contribution in [3.8, 4) is 23.0 Å². The summed E-state index contributed by atoms with van der Waals surface area (Å²) in [5.74, 6) is 0.0194. The molecule has 0 aromatic heterocycles. The molecule has 5 nitrogen and oxygen atoms in total. The number of phenols is 3. The number of ketones is 1. The minimum absolute atomic E-state index is 0.0873. The largest absolute Gasteiger partial charge is 0.508 e. The smallest absolute Gasteiger partial charge is 0.166 e. The van der Waals surface area contributed by atoms with E-state index in [9.17, 15) is 20.1 Å². The van der Waals surface area contributed by atoms with Gasteiger partial charge in [0.15, 0.2) is 5.78 Å². The Kier molecular flexibility index (Phi) is 5.61. The second kappa shape index (κ2) is 8.27. The van der Waals surface area contributed by atoms with E-state index in [0.717, 1.165) is 17.2 Å². The van der Waals surface area contributed by atoms with Gasteiger partial charge in [-0.05, 0) is 35.7 Å². The molecule has 0 saturated heterocycles. The van der Waals surface area contributed by atoms with Crippen LogP contribution in [0.2, 0.25) is 0 Å². The first kappa shape index (κ1) is 18.3. The Hall–Kier alpha value is -3.47. The van der Waals surface area contributed by atoms with Gasteiger partial charge in [0.2, 0.25) is 0 Å². The van der Waals surface area contributed by atoms with Gasteiger partial charge >= 0.3 is 0 Å². The summed E-state index contributed by atoms with van der Waals surface area (Å²) in [5, 5.41) is 28.9. The number of aryl methyl sites for hydroxylation is 1. The van der Waals surface area contributed by atoms with E-state index in [-0.39, 0.29) is 35.0 Å². The number of carbonyl (C=O) groups excluding carboxylic acids is 1. The van der Waals surface area contributed by atoms with Crippen LogP contribution >= 0.6 is 0 Å². The van der Waals surface area contributed by atoms with Crippen molar-refractivity contribution in [3.63, 3.8) is 0 Å². The summed E-state index contributed by atoms with van der Waals surface area (Å²) in [7, 11) is 0. The lowest BCUT2D eigenvalue weighted by atomic mass is 10.0. The van der Waals surface area contributed by atoms with E-state index in [0.29, 0.717) is 18.8 Å². The molecule has 0 fully saturated rings. The van der Waals surface area contributed by atoms with Gasteiger partial charge in [-0.3, -0.25) is 4.79 Å². The zero-order chi connectivity index (χ0) is 19.2. The minimum Gasteiger partial charge on any atom is -0.508 e. The van der Waals surface area contributed by atoms with Gasteiger partial charge in [0.25, 0.3) is 0 Å². The van der Waals surface area contributed by atoms with Crippen molar-refractivity contribution < 1.29 is 24.9 Å². The molecular weight excluding hydrogens is 344 g/mol. The van der Waals surface area contributed by atoms with Gasteiger partial charge in [-0.2, -0.15) is 0 Å². The summed E-state index contributed by atoms with van der Waals surface area (Å²) in [5.41, 5.74) is 1.95. The number of Topliss-reactive ketones (excluding diaryl/α,β-unsaturated/α-hetero) is 1. The molecule has 138 valence electrons. The van der Waals surface area contributed by atoms with Crippen LogP contribution in [-0.4, -0.2) is 21.1 Å². The third-order valence-corrected chi connectivity index (χ3v) is 4.19. The number of aromatic hydroxyl groups is 3. The lowest BCUT2D eigenvalue weighted by Crippen LogP contribution is -2.04. The van der Waals surface area contributed by atoms with Gasteiger partial charge in [-0.15, -0.1) is 0 Å². The van der Waals surface area contributed by atoms with Gasteiger partial charge in [-0.1, -0.05) is 36.4 Å². The van der Waals surface area contributed by atoms with Crippen molar-refractivity contribution in [1.29, 1.82) is 0 Å². The number of ether oxygens (including phenoxy) is 1. The first-order chi connectivity index (χ1) is 13.0. The molecule has 0 radical (unpaired) electrons. The highest BCUT2D eigenvalue weighted by Gasteiger charge is 2.14.